The number of carbonyl (C=O) groups is 2. The molecule has 1 aromatic heterocycles. The summed E-state index contributed by atoms with van der Waals surface area (Å²) < 4.78 is 1.56. The Kier molecular flexibility index (Phi) is 3.53. The molecule has 0 aliphatic carbocycles. The minimum Gasteiger partial charge on any atom is -0.339 e. The number of nitrogens with zero attached hydrogens (tertiary/aromatic N) is 2. The Balaban J connectivity index is 2.00. The minimum absolute atomic E-state index is 0.0399. The van der Waals surface area contributed by atoms with E-state index in [2.05, 4.69) is 6.92 Å². The van der Waals surface area contributed by atoms with Gasteiger partial charge in [-0.3, -0.25) is 14.2 Å². The fourth-order valence-electron chi connectivity index (χ4n) is 2.99. The van der Waals surface area contributed by atoms with Crippen molar-refractivity contribution in [1.82, 2.24) is 9.47 Å². The summed E-state index contributed by atoms with van der Waals surface area (Å²) >= 11 is 0. The third-order valence-corrected chi connectivity index (χ3v) is 4.35. The molecule has 1 fully saturated rings. The van der Waals surface area contributed by atoms with Crippen LogP contribution in [-0.4, -0.2) is 34.4 Å². The van der Waals surface area contributed by atoms with E-state index in [1.807, 2.05) is 29.2 Å². The van der Waals surface area contributed by atoms with Gasteiger partial charge >= 0.3 is 0 Å². The predicted octanol–water partition coefficient (Wildman–Crippen LogP) is 3.17. The Bertz CT molecular complexity index is 694. The first-order chi connectivity index (χ1) is 10.1. The molecule has 1 saturated heterocycles. The Labute approximate surface area is 124 Å². The Morgan fingerprint density at radius 2 is 1.81 bits per heavy atom. The first-order valence-corrected chi connectivity index (χ1v) is 7.48. The molecule has 1 aliphatic rings. The van der Waals surface area contributed by atoms with Gasteiger partial charge in [0.1, 0.15) is 0 Å². The molecule has 2 aromatic rings. The summed E-state index contributed by atoms with van der Waals surface area (Å²) in [6, 6.07) is 7.58. The number of benzene rings is 1. The standard InChI is InChI=1S/C17H20N2O2/c1-12-7-9-18(10-8-12)17(21)15-11-19(13(2)20)16-6-4-3-5-14(15)16/h3-6,11-12H,7-10H2,1-2H3. The maximum atomic E-state index is 12.8. The van der Waals surface area contributed by atoms with Crippen LogP contribution in [0, 0.1) is 5.92 Å². The summed E-state index contributed by atoms with van der Waals surface area (Å²) in [6.45, 7) is 5.35. The summed E-state index contributed by atoms with van der Waals surface area (Å²) in [7, 11) is 0. The van der Waals surface area contributed by atoms with Crippen LogP contribution in [0.2, 0.25) is 0 Å². The lowest BCUT2D eigenvalue weighted by Gasteiger charge is -2.30. The molecule has 1 amide bonds. The molecule has 0 radical (unpaired) electrons. The SMILES string of the molecule is CC(=O)n1cc(C(=O)N2CCC(C)CC2)c2ccccc21. The van der Waals surface area contributed by atoms with Crippen LogP contribution in [0.5, 0.6) is 0 Å². The quantitative estimate of drug-likeness (QED) is 0.807. The average Bonchev–Trinajstić information content (AvgIpc) is 2.87. The molecule has 110 valence electrons. The van der Waals surface area contributed by atoms with Crippen LogP contribution in [0.1, 0.15) is 41.8 Å². The van der Waals surface area contributed by atoms with Crippen LogP contribution in [0.4, 0.5) is 0 Å². The van der Waals surface area contributed by atoms with Gasteiger partial charge < -0.3 is 4.90 Å². The molecule has 0 unspecified atom stereocenters. The van der Waals surface area contributed by atoms with E-state index in [-0.39, 0.29) is 11.8 Å². The van der Waals surface area contributed by atoms with Gasteiger partial charge in [0.25, 0.3) is 5.91 Å². The van der Waals surface area contributed by atoms with E-state index in [1.165, 1.54) is 6.92 Å². The molecule has 4 heteroatoms. The van der Waals surface area contributed by atoms with E-state index >= 15 is 0 Å². The molecule has 0 saturated carbocycles. The molecule has 4 nitrogen and oxygen atoms in total. The second-order valence-electron chi connectivity index (χ2n) is 5.92. The van der Waals surface area contributed by atoms with Crippen molar-refractivity contribution in [2.75, 3.05) is 13.1 Å². The third-order valence-electron chi connectivity index (χ3n) is 4.35. The Hall–Kier alpha value is -2.10. The molecule has 1 aliphatic heterocycles. The van der Waals surface area contributed by atoms with Gasteiger partial charge in [-0.1, -0.05) is 25.1 Å². The highest BCUT2D eigenvalue weighted by Gasteiger charge is 2.24. The van der Waals surface area contributed by atoms with Crippen LogP contribution in [0.15, 0.2) is 30.5 Å². The molecule has 3 rings (SSSR count). The maximum Gasteiger partial charge on any atom is 0.256 e. The van der Waals surface area contributed by atoms with Crippen molar-refractivity contribution in [3.63, 3.8) is 0 Å². The van der Waals surface area contributed by atoms with Crippen molar-refractivity contribution in [1.29, 1.82) is 0 Å². The number of hydrogen-bond acceptors (Lipinski definition) is 2. The van der Waals surface area contributed by atoms with Crippen molar-refractivity contribution < 1.29 is 9.59 Å². The summed E-state index contributed by atoms with van der Waals surface area (Å²) in [5.41, 5.74) is 1.44. The van der Waals surface area contributed by atoms with Gasteiger partial charge in [-0.05, 0) is 24.8 Å². The van der Waals surface area contributed by atoms with Crippen molar-refractivity contribution in [2.45, 2.75) is 26.7 Å². The van der Waals surface area contributed by atoms with Gasteiger partial charge in [0, 0.05) is 31.6 Å². The van der Waals surface area contributed by atoms with Crippen LogP contribution in [0.25, 0.3) is 10.9 Å². The second kappa shape index (κ2) is 5.35. The zero-order valence-corrected chi connectivity index (χ0v) is 12.5. The van der Waals surface area contributed by atoms with Gasteiger partial charge in [-0.15, -0.1) is 0 Å². The smallest absolute Gasteiger partial charge is 0.256 e. The molecule has 0 spiro atoms. The molecule has 0 N–H and O–H groups in total. The van der Waals surface area contributed by atoms with Crippen LogP contribution in [0.3, 0.4) is 0 Å². The topological polar surface area (TPSA) is 42.3 Å². The molecular formula is C17H20N2O2. The monoisotopic (exact) mass is 284 g/mol. The largest absolute Gasteiger partial charge is 0.339 e. The number of aromatic nitrogens is 1. The Morgan fingerprint density at radius 1 is 1.14 bits per heavy atom. The highest BCUT2D eigenvalue weighted by Crippen LogP contribution is 2.25. The van der Waals surface area contributed by atoms with Crippen LogP contribution in [-0.2, 0) is 0 Å². The lowest BCUT2D eigenvalue weighted by molar-refractivity contribution is 0.0699. The highest BCUT2D eigenvalue weighted by molar-refractivity contribution is 6.09. The van der Waals surface area contributed by atoms with E-state index in [1.54, 1.807) is 10.8 Å². The molecule has 0 atom stereocenters. The minimum atomic E-state index is -0.0717. The molecular weight excluding hydrogens is 264 g/mol. The molecule has 21 heavy (non-hydrogen) atoms. The number of para-hydroxylation sites is 1. The number of hydrogen-bond donors (Lipinski definition) is 0. The van der Waals surface area contributed by atoms with E-state index in [4.69, 9.17) is 0 Å². The summed E-state index contributed by atoms with van der Waals surface area (Å²) in [4.78, 5) is 26.4. The number of likely N-dealkylation sites (tertiary alicyclic amines) is 1. The normalized spacial score (nSPS) is 16.4. The van der Waals surface area contributed by atoms with Crippen molar-refractivity contribution in [3.05, 3.63) is 36.0 Å². The Morgan fingerprint density at radius 3 is 2.48 bits per heavy atom. The van der Waals surface area contributed by atoms with E-state index in [0.29, 0.717) is 11.5 Å². The number of fused-ring (bicyclic) bond motifs is 1. The van der Waals surface area contributed by atoms with Gasteiger partial charge in [0.2, 0.25) is 5.91 Å². The zero-order valence-electron chi connectivity index (χ0n) is 12.5. The lowest BCUT2D eigenvalue weighted by Crippen LogP contribution is -2.37. The average molecular weight is 284 g/mol. The fraction of sp³-hybridized carbons (Fsp3) is 0.412. The van der Waals surface area contributed by atoms with E-state index in [9.17, 15) is 9.59 Å². The first kappa shape index (κ1) is 13.9. The molecule has 2 heterocycles. The molecule has 0 bridgehead atoms. The summed E-state index contributed by atoms with van der Waals surface area (Å²) in [6.07, 6.45) is 3.79. The number of piperidine rings is 1. The number of rotatable bonds is 1. The predicted molar refractivity (Wildman–Crippen MR) is 82.5 cm³/mol. The van der Waals surface area contributed by atoms with E-state index in [0.717, 1.165) is 36.8 Å². The number of amides is 1. The zero-order chi connectivity index (χ0) is 15.0. The van der Waals surface area contributed by atoms with Gasteiger partial charge in [0.05, 0.1) is 11.1 Å². The van der Waals surface area contributed by atoms with Gasteiger partial charge in [-0.2, -0.15) is 0 Å². The van der Waals surface area contributed by atoms with Crippen molar-refractivity contribution in [3.8, 4) is 0 Å². The first-order valence-electron chi connectivity index (χ1n) is 7.48. The maximum absolute atomic E-state index is 12.8. The second-order valence-corrected chi connectivity index (χ2v) is 5.92. The lowest BCUT2D eigenvalue weighted by atomic mass is 9.98. The van der Waals surface area contributed by atoms with Gasteiger partial charge in [-0.25, -0.2) is 0 Å². The van der Waals surface area contributed by atoms with Crippen LogP contribution < -0.4 is 0 Å². The third kappa shape index (κ3) is 2.46. The fourth-order valence-corrected chi connectivity index (χ4v) is 2.99. The van der Waals surface area contributed by atoms with Crippen molar-refractivity contribution in [2.24, 2.45) is 5.92 Å². The highest BCUT2D eigenvalue weighted by atomic mass is 16.2. The van der Waals surface area contributed by atoms with Crippen LogP contribution >= 0.6 is 0 Å². The molecule has 1 aromatic carbocycles. The number of carbonyl (C=O) groups excluding carboxylic acids is 2. The van der Waals surface area contributed by atoms with Gasteiger partial charge in [0.15, 0.2) is 0 Å². The summed E-state index contributed by atoms with van der Waals surface area (Å²) in [5, 5.41) is 0.858. The van der Waals surface area contributed by atoms with Crippen molar-refractivity contribution >= 4 is 22.7 Å². The summed E-state index contributed by atoms with van der Waals surface area (Å²) in [5.74, 6) is 0.656. The van der Waals surface area contributed by atoms with E-state index < -0.39 is 0 Å².